The maximum absolute atomic E-state index is 11.4. The SMILES string of the molecule is CC(C)n1cc[n+](CC2(O)C3CC4CC(C3)CC2C4)c1. The zero-order valence-electron chi connectivity index (χ0n) is 12.7. The zero-order chi connectivity index (χ0) is 13.9. The first-order valence-electron chi connectivity index (χ1n) is 8.33. The Morgan fingerprint density at radius 1 is 1.15 bits per heavy atom. The van der Waals surface area contributed by atoms with Crippen LogP contribution in [0, 0.1) is 23.7 Å². The highest BCUT2D eigenvalue weighted by Crippen LogP contribution is 2.58. The lowest BCUT2D eigenvalue weighted by molar-refractivity contribution is -0.714. The molecule has 0 atom stereocenters. The Hall–Kier alpha value is -0.830. The highest BCUT2D eigenvalue weighted by atomic mass is 16.3. The molecular formula is C17H27N2O+. The Bertz CT molecular complexity index is 477. The molecule has 0 amide bonds. The average Bonchev–Trinajstić information content (AvgIpc) is 2.84. The molecule has 4 aliphatic carbocycles. The van der Waals surface area contributed by atoms with Crippen LogP contribution in [0.1, 0.15) is 52.0 Å². The predicted octanol–water partition coefficient (Wildman–Crippen LogP) is 2.54. The lowest BCUT2D eigenvalue weighted by atomic mass is 9.50. The molecule has 4 aliphatic rings. The van der Waals surface area contributed by atoms with Crippen molar-refractivity contribution in [2.24, 2.45) is 23.7 Å². The highest BCUT2D eigenvalue weighted by Gasteiger charge is 2.57. The second kappa shape index (κ2) is 4.33. The van der Waals surface area contributed by atoms with Crippen molar-refractivity contribution in [3.05, 3.63) is 18.7 Å². The van der Waals surface area contributed by atoms with Crippen molar-refractivity contribution in [1.29, 1.82) is 0 Å². The van der Waals surface area contributed by atoms with Crippen LogP contribution >= 0.6 is 0 Å². The van der Waals surface area contributed by atoms with Crippen LogP contribution in [0.2, 0.25) is 0 Å². The van der Waals surface area contributed by atoms with E-state index in [0.717, 1.165) is 18.4 Å². The van der Waals surface area contributed by atoms with E-state index in [1.165, 1.54) is 32.1 Å². The van der Waals surface area contributed by atoms with E-state index in [-0.39, 0.29) is 0 Å². The van der Waals surface area contributed by atoms with Crippen LogP contribution in [0.5, 0.6) is 0 Å². The topological polar surface area (TPSA) is 29.0 Å². The molecule has 4 bridgehead atoms. The van der Waals surface area contributed by atoms with Crippen LogP contribution < -0.4 is 4.57 Å². The van der Waals surface area contributed by atoms with Crippen LogP contribution in [0.4, 0.5) is 0 Å². The van der Waals surface area contributed by atoms with Gasteiger partial charge in [0.05, 0.1) is 6.04 Å². The molecule has 0 aromatic carbocycles. The van der Waals surface area contributed by atoms with Gasteiger partial charge in [0.1, 0.15) is 24.5 Å². The van der Waals surface area contributed by atoms with Gasteiger partial charge in [0, 0.05) is 0 Å². The van der Waals surface area contributed by atoms with Crippen molar-refractivity contribution >= 4 is 0 Å². The number of aromatic nitrogens is 2. The molecule has 1 aromatic rings. The summed E-state index contributed by atoms with van der Waals surface area (Å²) in [6.07, 6.45) is 13.0. The van der Waals surface area contributed by atoms with Gasteiger partial charge in [-0.3, -0.25) is 0 Å². The van der Waals surface area contributed by atoms with Gasteiger partial charge in [-0.05, 0) is 69.6 Å². The Balaban J connectivity index is 1.57. The van der Waals surface area contributed by atoms with Crippen molar-refractivity contribution in [2.75, 3.05) is 0 Å². The van der Waals surface area contributed by atoms with Crippen LogP contribution in [0.25, 0.3) is 0 Å². The first-order chi connectivity index (χ1) is 9.54. The van der Waals surface area contributed by atoms with E-state index in [1.54, 1.807) is 0 Å². The molecule has 1 N–H and O–H groups in total. The summed E-state index contributed by atoms with van der Waals surface area (Å²) in [5, 5.41) is 11.4. The maximum Gasteiger partial charge on any atom is 0.244 e. The Morgan fingerprint density at radius 2 is 1.75 bits per heavy atom. The number of rotatable bonds is 3. The van der Waals surface area contributed by atoms with Gasteiger partial charge < -0.3 is 5.11 Å². The van der Waals surface area contributed by atoms with Crippen molar-refractivity contribution in [1.82, 2.24) is 4.57 Å². The third kappa shape index (κ3) is 1.86. The summed E-state index contributed by atoms with van der Waals surface area (Å²) in [6, 6.07) is 0.490. The zero-order valence-corrected chi connectivity index (χ0v) is 12.7. The van der Waals surface area contributed by atoms with Crippen LogP contribution in [0.15, 0.2) is 18.7 Å². The van der Waals surface area contributed by atoms with Gasteiger partial charge in [0.15, 0.2) is 0 Å². The Morgan fingerprint density at radius 3 is 2.25 bits per heavy atom. The van der Waals surface area contributed by atoms with Gasteiger partial charge in [-0.15, -0.1) is 0 Å². The van der Waals surface area contributed by atoms with Gasteiger partial charge in [0.25, 0.3) is 0 Å². The smallest absolute Gasteiger partial charge is 0.244 e. The average molecular weight is 275 g/mol. The van der Waals surface area contributed by atoms with E-state index < -0.39 is 5.60 Å². The molecule has 0 unspecified atom stereocenters. The molecule has 0 radical (unpaired) electrons. The lowest BCUT2D eigenvalue weighted by Crippen LogP contribution is -2.63. The Labute approximate surface area is 121 Å². The summed E-state index contributed by atoms with van der Waals surface area (Å²) in [7, 11) is 0. The fourth-order valence-electron chi connectivity index (χ4n) is 5.36. The fourth-order valence-corrected chi connectivity index (χ4v) is 5.36. The van der Waals surface area contributed by atoms with E-state index in [4.69, 9.17) is 0 Å². The minimum Gasteiger partial charge on any atom is -0.385 e. The second-order valence-electron chi connectivity index (χ2n) is 7.92. The monoisotopic (exact) mass is 275 g/mol. The molecule has 5 rings (SSSR count). The molecule has 110 valence electrons. The molecule has 0 saturated heterocycles. The fraction of sp³-hybridized carbons (Fsp3) is 0.824. The van der Waals surface area contributed by atoms with Gasteiger partial charge in [-0.1, -0.05) is 0 Å². The van der Waals surface area contributed by atoms with Crippen LogP contribution in [-0.4, -0.2) is 15.3 Å². The van der Waals surface area contributed by atoms with Gasteiger partial charge >= 0.3 is 0 Å². The Kier molecular flexibility index (Phi) is 2.79. The molecule has 1 heterocycles. The van der Waals surface area contributed by atoms with E-state index in [1.807, 2.05) is 0 Å². The molecule has 0 spiro atoms. The normalized spacial score (nSPS) is 42.6. The van der Waals surface area contributed by atoms with E-state index in [9.17, 15) is 5.11 Å². The molecule has 4 saturated carbocycles. The molecule has 1 aromatic heterocycles. The van der Waals surface area contributed by atoms with Crippen molar-refractivity contribution < 1.29 is 9.67 Å². The highest BCUT2D eigenvalue weighted by molar-refractivity contribution is 5.05. The summed E-state index contributed by atoms with van der Waals surface area (Å²) < 4.78 is 4.43. The largest absolute Gasteiger partial charge is 0.385 e. The van der Waals surface area contributed by atoms with Gasteiger partial charge in [-0.2, -0.15) is 0 Å². The molecule has 4 fully saturated rings. The molecule has 0 aliphatic heterocycles. The van der Waals surface area contributed by atoms with Crippen molar-refractivity contribution in [3.63, 3.8) is 0 Å². The summed E-state index contributed by atoms with van der Waals surface area (Å²) in [4.78, 5) is 0. The first-order valence-corrected chi connectivity index (χ1v) is 8.33. The lowest BCUT2D eigenvalue weighted by Gasteiger charge is -2.58. The second-order valence-corrected chi connectivity index (χ2v) is 7.92. The number of nitrogens with zero attached hydrogens (tertiary/aromatic N) is 2. The summed E-state index contributed by atoms with van der Waals surface area (Å²) >= 11 is 0. The molecule has 20 heavy (non-hydrogen) atoms. The third-order valence-electron chi connectivity index (χ3n) is 6.30. The molecular weight excluding hydrogens is 248 g/mol. The number of imidazole rings is 1. The number of hydrogen-bond donors (Lipinski definition) is 1. The summed E-state index contributed by atoms with van der Waals surface area (Å²) in [6.45, 7) is 5.19. The van der Waals surface area contributed by atoms with E-state index in [0.29, 0.717) is 17.9 Å². The third-order valence-corrected chi connectivity index (χ3v) is 6.30. The maximum atomic E-state index is 11.4. The van der Waals surface area contributed by atoms with E-state index in [2.05, 4.69) is 41.7 Å². The van der Waals surface area contributed by atoms with Crippen molar-refractivity contribution in [2.45, 2.75) is 64.1 Å². The standard InChI is InChI=1S/C17H27N2O/c1-12(2)19-4-3-18(11-19)10-17(20)15-6-13-5-14(8-15)9-16(17)7-13/h3-4,11-16,20H,5-10H2,1-2H3/q+1. The summed E-state index contributed by atoms with van der Waals surface area (Å²) in [5.41, 5.74) is -0.443. The molecule has 3 heteroatoms. The van der Waals surface area contributed by atoms with Crippen LogP contribution in [0.3, 0.4) is 0 Å². The van der Waals surface area contributed by atoms with Crippen LogP contribution in [-0.2, 0) is 6.54 Å². The van der Waals surface area contributed by atoms with Gasteiger partial charge in [-0.25, -0.2) is 9.13 Å². The summed E-state index contributed by atoms with van der Waals surface area (Å²) in [5.74, 6) is 2.94. The minimum absolute atomic E-state index is 0.443. The number of aliphatic hydroxyl groups is 1. The van der Waals surface area contributed by atoms with Gasteiger partial charge in [0.2, 0.25) is 6.33 Å². The quantitative estimate of drug-likeness (QED) is 0.844. The number of hydrogen-bond acceptors (Lipinski definition) is 1. The minimum atomic E-state index is -0.443. The first kappa shape index (κ1) is 12.9. The van der Waals surface area contributed by atoms with E-state index >= 15 is 0 Å². The van der Waals surface area contributed by atoms with Crippen molar-refractivity contribution in [3.8, 4) is 0 Å². The molecule has 3 nitrogen and oxygen atoms in total. The predicted molar refractivity (Wildman–Crippen MR) is 77.0 cm³/mol.